The van der Waals surface area contributed by atoms with E-state index in [1.165, 1.54) is 18.2 Å². The van der Waals surface area contributed by atoms with Gasteiger partial charge in [-0.2, -0.15) is 0 Å². The maximum atomic E-state index is 15.1. The molecule has 0 aliphatic carbocycles. The molecule has 1 fully saturated rings. The molecule has 1 aliphatic heterocycles. The minimum absolute atomic E-state index is 0. The number of pyridine rings is 3. The molecule has 1 unspecified atom stereocenters. The number of ether oxygens (including phenoxy) is 1. The Morgan fingerprint density at radius 3 is 1.04 bits per heavy atom. The molecule has 0 saturated carbocycles. The van der Waals surface area contributed by atoms with E-state index in [9.17, 15) is 36.3 Å². The Morgan fingerprint density at radius 2 is 0.754 bits per heavy atom. The van der Waals surface area contributed by atoms with Crippen LogP contribution in [0.25, 0.3) is 66.9 Å². The van der Waals surface area contributed by atoms with E-state index < -0.39 is 53.1 Å². The van der Waals surface area contributed by atoms with Crippen LogP contribution in [0.2, 0.25) is 0 Å². The van der Waals surface area contributed by atoms with E-state index in [0.29, 0.717) is 88.8 Å². The number of carboxylic acid groups (broad SMARTS) is 1. The smallest absolute Gasteiger partial charge is 0.335 e. The van der Waals surface area contributed by atoms with Crippen LogP contribution in [-0.4, -0.2) is 136 Å². The van der Waals surface area contributed by atoms with Gasteiger partial charge in [0.15, 0.2) is 41.2 Å². The molecule has 9 aromatic heterocycles. The molecule has 6 aromatic carbocycles. The molecule has 15 aromatic rings. The fourth-order valence-electron chi connectivity index (χ4n) is 14.9. The second-order valence-electron chi connectivity index (χ2n) is 31.3. The van der Waals surface area contributed by atoms with Gasteiger partial charge < -0.3 is 54.2 Å². The summed E-state index contributed by atoms with van der Waals surface area (Å²) >= 11 is 0. The van der Waals surface area contributed by atoms with Crippen molar-refractivity contribution in [3.05, 3.63) is 269 Å². The van der Waals surface area contributed by atoms with Crippen molar-refractivity contribution in [2.45, 2.75) is 140 Å². The molecule has 16 rings (SSSR count). The zero-order valence-electron chi connectivity index (χ0n) is 71.8. The summed E-state index contributed by atoms with van der Waals surface area (Å²) in [6.45, 7) is 19.6. The average molecular weight is 1780 g/mol. The number of carboxylic acids is 1. The Morgan fingerprint density at radius 1 is 0.431 bits per heavy atom. The molecule has 1 saturated heterocycles. The summed E-state index contributed by atoms with van der Waals surface area (Å²) < 4.78 is 101. The second kappa shape index (κ2) is 41.2. The van der Waals surface area contributed by atoms with Gasteiger partial charge in [-0.1, -0.05) is 51.3 Å². The molecule has 0 radical (unpaired) electrons. The van der Waals surface area contributed by atoms with Crippen LogP contribution in [0.1, 0.15) is 159 Å². The molecule has 10 heterocycles. The maximum absolute atomic E-state index is 15.1. The molecule has 36 heteroatoms. The highest BCUT2D eigenvalue weighted by molar-refractivity contribution is 5.94. The van der Waals surface area contributed by atoms with Gasteiger partial charge in [-0.3, -0.25) is 14.8 Å². The molecule has 1 atom stereocenters. The minimum atomic E-state index is -0.966. The molecule has 0 spiro atoms. The lowest BCUT2D eigenvalue weighted by atomic mass is 10.1. The number of aryl methyl sites for hydroxylation is 3. The molecule has 30 nitrogen and oxygen atoms in total. The number of aromatic nitrogens is 15. The number of hydrogen-bond acceptors (Lipinski definition) is 24. The zero-order valence-corrected chi connectivity index (χ0v) is 71.8. The summed E-state index contributed by atoms with van der Waals surface area (Å²) in [6, 6.07) is 40.5. The van der Waals surface area contributed by atoms with Crippen molar-refractivity contribution in [3.8, 4) is 33.8 Å². The van der Waals surface area contributed by atoms with E-state index in [1.807, 2.05) is 128 Å². The Bertz CT molecular complexity index is 6540. The topological polar surface area (TPSA) is 349 Å². The second-order valence-corrected chi connectivity index (χ2v) is 31.3. The number of anilines is 9. The lowest BCUT2D eigenvalue weighted by Crippen LogP contribution is -2.33. The highest BCUT2D eigenvalue weighted by Gasteiger charge is 2.25. The van der Waals surface area contributed by atoms with Crippen LogP contribution in [0.4, 0.5) is 78.7 Å². The third-order valence-electron chi connectivity index (χ3n) is 21.1. The fraction of sp³-hybridized carbons (Fsp3) is 0.266. The quantitative estimate of drug-likeness (QED) is 0.0150. The van der Waals surface area contributed by atoms with Crippen LogP contribution in [0.3, 0.4) is 0 Å². The molecule has 130 heavy (non-hydrogen) atoms. The van der Waals surface area contributed by atoms with Crippen LogP contribution in [0.15, 0.2) is 183 Å². The fourth-order valence-corrected chi connectivity index (χ4v) is 14.9. The van der Waals surface area contributed by atoms with E-state index >= 15 is 4.39 Å². The summed E-state index contributed by atoms with van der Waals surface area (Å²) in [7, 11) is 5.73. The highest BCUT2D eigenvalue weighted by Crippen LogP contribution is 2.36. The van der Waals surface area contributed by atoms with E-state index in [1.54, 1.807) is 135 Å². The summed E-state index contributed by atoms with van der Waals surface area (Å²) in [5, 5.41) is 26.8. The largest absolute Gasteiger partial charge is 0.478 e. The number of hydroxylamine groups is 2. The van der Waals surface area contributed by atoms with Crippen molar-refractivity contribution in [2.24, 2.45) is 0 Å². The van der Waals surface area contributed by atoms with Crippen LogP contribution < -0.4 is 41.6 Å². The standard InChI is InChI=1S/C34H36F2N8O3.C29H28F2N8O2.C29H27F2N7O2.2CH4/c1-20(2)44-21(3)39-32-26(35)15-24(16-28(32)44)31-27(36)18-38-34(41-31)40-29-13-12-25(17-37-29)43(4)19-22-8-10-23(11-9-22)33(45)42-47-30-7-5-6-14-46-30;1-16(2)39-17(3)34-27-22(30)11-20(12-24(27)39)26-23(31)14-33-29(36-26)35-25-10-9-21(13-32-25)38(4)15-18-5-7-19(8-6-18)28(40)37-41;1-16(2)38-17(3)34-27-22(30)11-20(12-24(27)38)26-23(31)14-33-29(36-26)35-25-10-9-21(13-32-25)37(4)15-18-5-7-19(8-6-18)28(39)40;;/h8-13,15-18,20,30H,5-7,14,19H2,1-4H3,(H,42,45)(H,37,38,40,41);5-14,16,41H,15H2,1-4H3,(H,37,40)(H,32,33,35,36);5-14,16H,15H2,1-4H3,(H,39,40)(H,32,33,35,36);2*1H4. The van der Waals surface area contributed by atoms with Crippen molar-refractivity contribution >= 4 is 103 Å². The van der Waals surface area contributed by atoms with Gasteiger partial charge in [0.25, 0.3) is 11.8 Å². The van der Waals surface area contributed by atoms with Crippen molar-refractivity contribution in [1.82, 2.24) is 84.5 Å². The molecule has 7 N–H and O–H groups in total. The van der Waals surface area contributed by atoms with Crippen LogP contribution in [0.5, 0.6) is 0 Å². The average Bonchev–Trinajstić information content (AvgIpc) is 1.61. The van der Waals surface area contributed by atoms with Crippen LogP contribution in [0, 0.1) is 55.7 Å². The normalized spacial score (nSPS) is 12.4. The van der Waals surface area contributed by atoms with E-state index in [-0.39, 0.29) is 113 Å². The number of carbonyl (C=O) groups excluding carboxylic acids is 2. The number of nitrogens with zero attached hydrogens (tertiary/aromatic N) is 18. The zero-order chi connectivity index (χ0) is 90.9. The van der Waals surface area contributed by atoms with Gasteiger partial charge in [-0.05, 0) is 201 Å². The van der Waals surface area contributed by atoms with E-state index in [2.05, 4.69) is 81.2 Å². The third kappa shape index (κ3) is 21.8. The molecular formula is C94H99F6N23O7. The number of hydrogen-bond donors (Lipinski definition) is 7. The van der Waals surface area contributed by atoms with Crippen molar-refractivity contribution in [2.75, 3.05) is 58.4 Å². The highest BCUT2D eigenvalue weighted by atomic mass is 19.1. The number of amides is 2. The van der Waals surface area contributed by atoms with Gasteiger partial charge in [-0.15, -0.1) is 0 Å². The number of rotatable bonds is 26. The molecule has 0 bridgehead atoms. The Kier molecular flexibility index (Phi) is 29.9. The molecule has 2 amide bonds. The number of fused-ring (bicyclic) bond motifs is 3. The number of carbonyl (C=O) groups is 3. The van der Waals surface area contributed by atoms with Crippen LogP contribution >= 0.6 is 0 Å². The minimum Gasteiger partial charge on any atom is -0.478 e. The predicted octanol–water partition coefficient (Wildman–Crippen LogP) is 19.6. The van der Waals surface area contributed by atoms with Crippen molar-refractivity contribution < 1.29 is 60.6 Å². The van der Waals surface area contributed by atoms with Gasteiger partial charge >= 0.3 is 5.97 Å². The maximum Gasteiger partial charge on any atom is 0.335 e. The number of nitrogens with one attached hydrogen (secondary N) is 5. The Labute approximate surface area is 745 Å². The first-order valence-electron chi connectivity index (χ1n) is 40.9. The number of halogens is 6. The van der Waals surface area contributed by atoms with Gasteiger partial charge in [-0.25, -0.2) is 107 Å². The monoisotopic (exact) mass is 1780 g/mol. The summed E-state index contributed by atoms with van der Waals surface area (Å²) in [6.07, 6.45) is 10.5. The first-order valence-corrected chi connectivity index (χ1v) is 40.9. The lowest BCUT2D eigenvalue weighted by Gasteiger charge is -2.22. The number of imidazole rings is 3. The Hall–Kier alpha value is -14.9. The SMILES string of the molecule is C.C.Cc1nc2c(F)cc(-c3nc(Nc4ccc(N(C)Cc5ccc(C(=O)NO)cc5)cn4)ncc3F)cc2n1C(C)C.Cc1nc2c(F)cc(-c3nc(Nc4ccc(N(C)Cc5ccc(C(=O)NOC6CCCCO6)cc5)cn4)ncc3F)cc2n1C(C)C.Cc1nc2c(F)cc(-c3nc(Nc4ccc(N(C)Cc5ccc(C(=O)O)cc5)cn4)ncc3F)cc2n1C(C)C. The van der Waals surface area contributed by atoms with Gasteiger partial charge in [0.2, 0.25) is 17.8 Å². The predicted molar refractivity (Wildman–Crippen MR) is 487 cm³/mol. The molecule has 674 valence electrons. The summed E-state index contributed by atoms with van der Waals surface area (Å²) in [4.78, 5) is 97.7. The molecular weight excluding hydrogens is 1680 g/mol. The third-order valence-corrected chi connectivity index (χ3v) is 21.1. The van der Waals surface area contributed by atoms with Crippen molar-refractivity contribution in [1.29, 1.82) is 0 Å². The van der Waals surface area contributed by atoms with Crippen LogP contribution in [-0.2, 0) is 29.2 Å². The molecule has 1 aliphatic rings. The first kappa shape index (κ1) is 94.2. The number of benzene rings is 6. The summed E-state index contributed by atoms with van der Waals surface area (Å²) in [5.74, 6) is -1.90. The summed E-state index contributed by atoms with van der Waals surface area (Å²) in [5.41, 5.74) is 13.6. The van der Waals surface area contributed by atoms with E-state index in [0.717, 1.165) is 71.6 Å². The number of aromatic carboxylic acids is 1. The van der Waals surface area contributed by atoms with Gasteiger partial charge in [0.05, 0.1) is 76.4 Å². The first-order chi connectivity index (χ1) is 61.4. The van der Waals surface area contributed by atoms with Gasteiger partial charge in [0.1, 0.15) is 68.6 Å². The van der Waals surface area contributed by atoms with E-state index in [4.69, 9.17) is 19.9 Å². The van der Waals surface area contributed by atoms with Gasteiger partial charge in [0, 0.05) is 99.7 Å². The Balaban J connectivity index is 0.000000176. The van der Waals surface area contributed by atoms with Crippen molar-refractivity contribution in [3.63, 3.8) is 0 Å². The lowest BCUT2D eigenvalue weighted by molar-refractivity contribution is -0.186.